The summed E-state index contributed by atoms with van der Waals surface area (Å²) < 4.78 is 7.93. The molecule has 1 aromatic carbocycles. The van der Waals surface area contributed by atoms with Gasteiger partial charge in [-0.25, -0.2) is 0 Å². The van der Waals surface area contributed by atoms with E-state index in [2.05, 4.69) is 21.7 Å². The first-order valence-corrected chi connectivity index (χ1v) is 5.46. The summed E-state index contributed by atoms with van der Waals surface area (Å²) in [4.78, 5) is 3.97. The minimum atomic E-state index is 0.800. The summed E-state index contributed by atoms with van der Waals surface area (Å²) in [5, 5.41) is 1.18. The number of pyridine rings is 1. The van der Waals surface area contributed by atoms with Crippen LogP contribution in [0.3, 0.4) is 0 Å². The molecule has 3 aromatic rings. The van der Waals surface area contributed by atoms with Gasteiger partial charge in [0.15, 0.2) is 5.75 Å². The molecule has 0 atom stereocenters. The Morgan fingerprint density at radius 2 is 1.88 bits per heavy atom. The molecule has 2 heterocycles. The zero-order chi connectivity index (χ0) is 11.7. The van der Waals surface area contributed by atoms with Crippen LogP contribution in [-0.4, -0.2) is 9.55 Å². The van der Waals surface area contributed by atoms with E-state index in [0.717, 1.165) is 17.0 Å². The first-order valence-electron chi connectivity index (χ1n) is 5.46. The summed E-state index contributed by atoms with van der Waals surface area (Å²) in [5.74, 6) is 1.66. The molecule has 3 nitrogen and oxygen atoms in total. The third kappa shape index (κ3) is 1.76. The summed E-state index contributed by atoms with van der Waals surface area (Å²) in [6.45, 7) is 0. The Balaban J connectivity index is 2.09. The molecule has 0 saturated heterocycles. The van der Waals surface area contributed by atoms with Gasteiger partial charge >= 0.3 is 0 Å². The van der Waals surface area contributed by atoms with Crippen LogP contribution in [0.15, 0.2) is 55.0 Å². The van der Waals surface area contributed by atoms with Crippen LogP contribution < -0.4 is 4.74 Å². The monoisotopic (exact) mass is 224 g/mol. The maximum Gasteiger partial charge on any atom is 0.151 e. The third-order valence-electron chi connectivity index (χ3n) is 2.74. The second-order valence-electron chi connectivity index (χ2n) is 3.91. The molecular formula is C14H12N2O. The largest absolute Gasteiger partial charge is 0.455 e. The quantitative estimate of drug-likeness (QED) is 0.667. The van der Waals surface area contributed by atoms with Crippen LogP contribution >= 0.6 is 0 Å². The predicted octanol–water partition coefficient (Wildman–Crippen LogP) is 3.37. The van der Waals surface area contributed by atoms with E-state index < -0.39 is 0 Å². The molecule has 0 aliphatic heterocycles. The zero-order valence-electron chi connectivity index (χ0n) is 9.50. The lowest BCUT2D eigenvalue weighted by Gasteiger charge is -2.08. The molecule has 2 aromatic heterocycles. The van der Waals surface area contributed by atoms with E-state index in [-0.39, 0.29) is 0 Å². The van der Waals surface area contributed by atoms with Crippen molar-refractivity contribution in [3.8, 4) is 11.5 Å². The third-order valence-corrected chi connectivity index (χ3v) is 2.74. The van der Waals surface area contributed by atoms with Crippen molar-refractivity contribution in [1.82, 2.24) is 9.55 Å². The van der Waals surface area contributed by atoms with Crippen LogP contribution in [0.4, 0.5) is 0 Å². The summed E-state index contributed by atoms with van der Waals surface area (Å²) >= 11 is 0. The van der Waals surface area contributed by atoms with Gasteiger partial charge < -0.3 is 9.30 Å². The normalized spacial score (nSPS) is 10.6. The standard InChI is InChI=1S/C14H12N2O/c1-16-10-7-11-3-2-4-13(14(11)16)17-12-5-8-15-9-6-12/h2-10H,1H3. The van der Waals surface area contributed by atoms with E-state index in [1.54, 1.807) is 12.4 Å². The predicted molar refractivity (Wildman–Crippen MR) is 67.2 cm³/mol. The van der Waals surface area contributed by atoms with Gasteiger partial charge in [-0.2, -0.15) is 0 Å². The molecule has 0 radical (unpaired) electrons. The van der Waals surface area contributed by atoms with Gasteiger partial charge in [0.2, 0.25) is 0 Å². The minimum absolute atomic E-state index is 0.800. The number of hydrogen-bond donors (Lipinski definition) is 0. The van der Waals surface area contributed by atoms with Gasteiger partial charge in [0, 0.05) is 31.0 Å². The number of benzene rings is 1. The molecule has 84 valence electrons. The molecule has 0 aliphatic rings. The van der Waals surface area contributed by atoms with Crippen molar-refractivity contribution in [2.24, 2.45) is 7.05 Å². The maximum absolute atomic E-state index is 5.87. The number of rotatable bonds is 2. The van der Waals surface area contributed by atoms with Crippen molar-refractivity contribution >= 4 is 10.9 Å². The molecule has 0 N–H and O–H groups in total. The van der Waals surface area contributed by atoms with E-state index >= 15 is 0 Å². The Morgan fingerprint density at radius 3 is 2.71 bits per heavy atom. The van der Waals surface area contributed by atoms with Crippen LogP contribution in [0.1, 0.15) is 0 Å². The van der Waals surface area contributed by atoms with Gasteiger partial charge in [-0.05, 0) is 24.3 Å². The Bertz CT molecular complexity index is 644. The van der Waals surface area contributed by atoms with Crippen molar-refractivity contribution in [3.05, 3.63) is 55.0 Å². The average molecular weight is 224 g/mol. The first-order chi connectivity index (χ1) is 8.34. The topological polar surface area (TPSA) is 27.1 Å². The van der Waals surface area contributed by atoms with Gasteiger partial charge in [0.1, 0.15) is 5.75 Å². The van der Waals surface area contributed by atoms with E-state index in [4.69, 9.17) is 4.74 Å². The second kappa shape index (κ2) is 3.94. The Kier molecular flexibility index (Phi) is 2.29. The lowest BCUT2D eigenvalue weighted by atomic mass is 10.2. The highest BCUT2D eigenvalue weighted by molar-refractivity contribution is 5.86. The van der Waals surface area contributed by atoms with Crippen molar-refractivity contribution in [1.29, 1.82) is 0 Å². The molecule has 0 saturated carbocycles. The number of fused-ring (bicyclic) bond motifs is 1. The highest BCUT2D eigenvalue weighted by Crippen LogP contribution is 2.29. The van der Waals surface area contributed by atoms with Crippen LogP contribution in [0.25, 0.3) is 10.9 Å². The summed E-state index contributed by atoms with van der Waals surface area (Å²) in [5.41, 5.74) is 1.10. The Morgan fingerprint density at radius 1 is 1.06 bits per heavy atom. The lowest BCUT2D eigenvalue weighted by Crippen LogP contribution is -1.90. The van der Waals surface area contributed by atoms with Crippen molar-refractivity contribution in [2.75, 3.05) is 0 Å². The molecule has 0 bridgehead atoms. The molecule has 3 heteroatoms. The van der Waals surface area contributed by atoms with Crippen molar-refractivity contribution < 1.29 is 4.74 Å². The number of hydrogen-bond acceptors (Lipinski definition) is 2. The fraction of sp³-hybridized carbons (Fsp3) is 0.0714. The second-order valence-corrected chi connectivity index (χ2v) is 3.91. The summed E-state index contributed by atoms with van der Waals surface area (Å²) in [6, 6.07) is 11.8. The number of nitrogens with zero attached hydrogens (tertiary/aromatic N) is 2. The molecule has 17 heavy (non-hydrogen) atoms. The zero-order valence-corrected chi connectivity index (χ0v) is 9.50. The van der Waals surface area contributed by atoms with Gasteiger partial charge in [0.25, 0.3) is 0 Å². The van der Waals surface area contributed by atoms with Gasteiger partial charge in [-0.15, -0.1) is 0 Å². The van der Waals surface area contributed by atoms with Crippen LogP contribution in [0.5, 0.6) is 11.5 Å². The molecule has 0 unspecified atom stereocenters. The highest BCUT2D eigenvalue weighted by atomic mass is 16.5. The first kappa shape index (κ1) is 9.90. The van der Waals surface area contributed by atoms with Gasteiger partial charge in [-0.1, -0.05) is 12.1 Å². The number of aromatic nitrogens is 2. The van der Waals surface area contributed by atoms with E-state index in [1.165, 1.54) is 5.39 Å². The maximum atomic E-state index is 5.87. The fourth-order valence-electron chi connectivity index (χ4n) is 1.93. The van der Waals surface area contributed by atoms with Crippen LogP contribution in [0.2, 0.25) is 0 Å². The smallest absolute Gasteiger partial charge is 0.151 e. The minimum Gasteiger partial charge on any atom is -0.455 e. The van der Waals surface area contributed by atoms with Gasteiger partial charge in [0.05, 0.1) is 5.52 Å². The Labute approximate surface area is 99.3 Å². The highest BCUT2D eigenvalue weighted by Gasteiger charge is 2.06. The molecule has 0 spiro atoms. The number of para-hydroxylation sites is 1. The van der Waals surface area contributed by atoms with E-state index in [0.29, 0.717) is 0 Å². The van der Waals surface area contributed by atoms with Gasteiger partial charge in [-0.3, -0.25) is 4.98 Å². The Hall–Kier alpha value is -2.29. The van der Waals surface area contributed by atoms with Crippen LogP contribution in [0, 0.1) is 0 Å². The van der Waals surface area contributed by atoms with Crippen LogP contribution in [-0.2, 0) is 7.05 Å². The number of ether oxygens (including phenoxy) is 1. The lowest BCUT2D eigenvalue weighted by molar-refractivity contribution is 0.485. The van der Waals surface area contributed by atoms with Crippen molar-refractivity contribution in [2.45, 2.75) is 0 Å². The molecule has 0 amide bonds. The average Bonchev–Trinajstić information content (AvgIpc) is 2.74. The van der Waals surface area contributed by atoms with Crippen molar-refractivity contribution in [3.63, 3.8) is 0 Å². The fourth-order valence-corrected chi connectivity index (χ4v) is 1.93. The molecular weight excluding hydrogens is 212 g/mol. The molecule has 3 rings (SSSR count). The van der Waals surface area contributed by atoms with E-state index in [1.807, 2.05) is 37.5 Å². The number of aryl methyl sites for hydroxylation is 1. The summed E-state index contributed by atoms with van der Waals surface area (Å²) in [7, 11) is 2.02. The molecule has 0 fully saturated rings. The molecule has 0 aliphatic carbocycles. The van der Waals surface area contributed by atoms with E-state index in [9.17, 15) is 0 Å². The summed E-state index contributed by atoms with van der Waals surface area (Å²) in [6.07, 6.45) is 5.48. The SMILES string of the molecule is Cn1ccc2cccc(Oc3ccncc3)c21.